The highest BCUT2D eigenvalue weighted by atomic mass is 35.5. The number of amides is 1. The van der Waals surface area contributed by atoms with Crippen LogP contribution in [0.1, 0.15) is 36.0 Å². The van der Waals surface area contributed by atoms with Crippen molar-refractivity contribution in [3.8, 4) is 0 Å². The molecular formula is C21H20ClF3N4O3. The summed E-state index contributed by atoms with van der Waals surface area (Å²) in [6, 6.07) is 7.43. The Kier molecular flexibility index (Phi) is 6.73. The Labute approximate surface area is 187 Å². The van der Waals surface area contributed by atoms with E-state index in [1.54, 1.807) is 24.0 Å². The summed E-state index contributed by atoms with van der Waals surface area (Å²) in [4.78, 5) is 31.2. The molecule has 3 rings (SSSR count). The highest BCUT2D eigenvalue weighted by Gasteiger charge is 2.43. The third-order valence-corrected chi connectivity index (χ3v) is 5.53. The number of pyridine rings is 1. The molecule has 32 heavy (non-hydrogen) atoms. The third kappa shape index (κ3) is 4.85. The van der Waals surface area contributed by atoms with Gasteiger partial charge in [-0.2, -0.15) is 13.2 Å². The van der Waals surface area contributed by atoms with Gasteiger partial charge in [0.25, 0.3) is 5.70 Å². The SMILES string of the molecule is CCN(Cc1ccc(Cl)nc1)C1=C([N+](=O)[O-])C(c2ccc(C(F)(F)F)cc2)CC(=O)N1C. The molecule has 7 nitrogen and oxygen atoms in total. The summed E-state index contributed by atoms with van der Waals surface area (Å²) in [6.45, 7) is 2.35. The molecule has 0 spiro atoms. The summed E-state index contributed by atoms with van der Waals surface area (Å²) in [5, 5.41) is 12.4. The molecule has 2 aromatic rings. The van der Waals surface area contributed by atoms with E-state index in [1.165, 1.54) is 30.3 Å². The summed E-state index contributed by atoms with van der Waals surface area (Å²) in [7, 11) is 1.45. The van der Waals surface area contributed by atoms with Gasteiger partial charge in [0, 0.05) is 32.8 Å². The Morgan fingerprint density at radius 2 is 1.91 bits per heavy atom. The van der Waals surface area contributed by atoms with Crippen LogP contribution in [0.15, 0.2) is 54.1 Å². The van der Waals surface area contributed by atoms with Crippen LogP contribution in [0.4, 0.5) is 13.2 Å². The lowest BCUT2D eigenvalue weighted by Crippen LogP contribution is -2.43. The maximum absolute atomic E-state index is 12.9. The van der Waals surface area contributed by atoms with Gasteiger partial charge in [0.1, 0.15) is 5.15 Å². The number of rotatable bonds is 6. The second-order valence-corrected chi connectivity index (χ2v) is 7.69. The molecule has 1 aliphatic heterocycles. The Bertz CT molecular complexity index is 1040. The first-order chi connectivity index (χ1) is 15.0. The normalized spacial score (nSPS) is 17.0. The van der Waals surface area contributed by atoms with Gasteiger partial charge in [0.15, 0.2) is 5.82 Å². The summed E-state index contributed by atoms with van der Waals surface area (Å²) < 4.78 is 38.8. The van der Waals surface area contributed by atoms with Crippen molar-refractivity contribution in [1.29, 1.82) is 0 Å². The highest BCUT2D eigenvalue weighted by molar-refractivity contribution is 6.29. The van der Waals surface area contributed by atoms with E-state index in [0.29, 0.717) is 11.7 Å². The van der Waals surface area contributed by atoms with E-state index in [1.807, 2.05) is 0 Å². The van der Waals surface area contributed by atoms with Crippen molar-refractivity contribution in [3.05, 3.63) is 86.1 Å². The predicted molar refractivity (Wildman–Crippen MR) is 111 cm³/mol. The van der Waals surface area contributed by atoms with Crippen molar-refractivity contribution in [1.82, 2.24) is 14.8 Å². The molecule has 170 valence electrons. The molecular weight excluding hydrogens is 449 g/mol. The van der Waals surface area contributed by atoms with Gasteiger partial charge >= 0.3 is 6.18 Å². The second-order valence-electron chi connectivity index (χ2n) is 7.30. The van der Waals surface area contributed by atoms with E-state index in [9.17, 15) is 28.1 Å². The zero-order chi connectivity index (χ0) is 23.6. The van der Waals surface area contributed by atoms with E-state index in [2.05, 4.69) is 4.98 Å². The van der Waals surface area contributed by atoms with Gasteiger partial charge in [-0.3, -0.25) is 19.8 Å². The molecule has 2 heterocycles. The fraction of sp³-hybridized carbons (Fsp3) is 0.333. The van der Waals surface area contributed by atoms with Crippen molar-refractivity contribution in [2.75, 3.05) is 13.6 Å². The molecule has 0 saturated heterocycles. The molecule has 0 saturated carbocycles. The van der Waals surface area contributed by atoms with Crippen LogP contribution in [0.3, 0.4) is 0 Å². The molecule has 0 aliphatic carbocycles. The minimum atomic E-state index is -4.53. The molecule has 1 aliphatic rings. The lowest BCUT2D eigenvalue weighted by Gasteiger charge is -2.36. The Balaban J connectivity index is 2.07. The Morgan fingerprint density at radius 3 is 2.41 bits per heavy atom. The molecule has 1 atom stereocenters. The van der Waals surface area contributed by atoms with Crippen LogP contribution in [0, 0.1) is 10.1 Å². The molecule has 11 heteroatoms. The number of carbonyl (C=O) groups is 1. The van der Waals surface area contributed by atoms with E-state index in [4.69, 9.17) is 11.6 Å². The number of allylic oxidation sites excluding steroid dienone is 1. The van der Waals surface area contributed by atoms with Crippen LogP contribution in [-0.2, 0) is 17.5 Å². The number of nitrogens with zero attached hydrogens (tertiary/aromatic N) is 4. The van der Waals surface area contributed by atoms with Gasteiger partial charge in [0.2, 0.25) is 5.91 Å². The Hall–Kier alpha value is -3.14. The van der Waals surface area contributed by atoms with Crippen molar-refractivity contribution in [3.63, 3.8) is 0 Å². The monoisotopic (exact) mass is 468 g/mol. The van der Waals surface area contributed by atoms with Crippen molar-refractivity contribution >= 4 is 17.5 Å². The van der Waals surface area contributed by atoms with Gasteiger partial charge < -0.3 is 4.90 Å². The smallest absolute Gasteiger partial charge is 0.348 e. The summed E-state index contributed by atoms with van der Waals surface area (Å²) in [5.74, 6) is -1.25. The molecule has 0 radical (unpaired) electrons. The number of halogens is 4. The van der Waals surface area contributed by atoms with Gasteiger partial charge in [-0.25, -0.2) is 4.98 Å². The zero-order valence-corrected chi connectivity index (χ0v) is 18.0. The van der Waals surface area contributed by atoms with Crippen molar-refractivity contribution < 1.29 is 22.9 Å². The van der Waals surface area contributed by atoms with E-state index in [0.717, 1.165) is 17.7 Å². The lowest BCUT2D eigenvalue weighted by atomic mass is 9.88. The number of hydrogen-bond donors (Lipinski definition) is 0. The highest BCUT2D eigenvalue weighted by Crippen LogP contribution is 2.39. The standard InChI is InChI=1S/C21H20ClF3N4O3/c1-3-28(12-13-4-9-17(22)26-11-13)20-19(29(31)32)16(10-18(30)27(20)2)14-5-7-15(8-6-14)21(23,24)25/h4-9,11,16H,3,10,12H2,1-2H3. The summed E-state index contributed by atoms with van der Waals surface area (Å²) >= 11 is 5.82. The van der Waals surface area contributed by atoms with Crippen molar-refractivity contribution in [2.24, 2.45) is 0 Å². The fourth-order valence-electron chi connectivity index (χ4n) is 3.67. The van der Waals surface area contributed by atoms with Crippen molar-refractivity contribution in [2.45, 2.75) is 32.0 Å². The topological polar surface area (TPSA) is 79.6 Å². The maximum Gasteiger partial charge on any atom is 0.416 e. The first-order valence-corrected chi connectivity index (χ1v) is 10.1. The minimum absolute atomic E-state index is 0.105. The predicted octanol–water partition coefficient (Wildman–Crippen LogP) is 4.67. The first kappa shape index (κ1) is 23.5. The van der Waals surface area contributed by atoms with Gasteiger partial charge in [0.05, 0.1) is 16.4 Å². The van der Waals surface area contributed by atoms with Crippen LogP contribution >= 0.6 is 11.6 Å². The zero-order valence-electron chi connectivity index (χ0n) is 17.3. The fourth-order valence-corrected chi connectivity index (χ4v) is 3.79. The number of nitro groups is 1. The van der Waals surface area contributed by atoms with Crippen LogP contribution in [0.25, 0.3) is 0 Å². The van der Waals surface area contributed by atoms with Crippen LogP contribution in [0.5, 0.6) is 0 Å². The molecule has 1 aromatic carbocycles. The Morgan fingerprint density at radius 1 is 1.25 bits per heavy atom. The molecule has 0 fully saturated rings. The molecule has 1 amide bonds. The number of aromatic nitrogens is 1. The van der Waals surface area contributed by atoms with Gasteiger partial charge in [-0.1, -0.05) is 29.8 Å². The maximum atomic E-state index is 12.9. The van der Waals surface area contributed by atoms with E-state index >= 15 is 0 Å². The number of hydrogen-bond acceptors (Lipinski definition) is 5. The van der Waals surface area contributed by atoms with Gasteiger partial charge in [-0.05, 0) is 36.2 Å². The number of carbonyl (C=O) groups excluding carboxylic acids is 1. The first-order valence-electron chi connectivity index (χ1n) is 9.70. The number of benzene rings is 1. The average Bonchev–Trinajstić information content (AvgIpc) is 2.74. The lowest BCUT2D eigenvalue weighted by molar-refractivity contribution is -0.434. The minimum Gasteiger partial charge on any atom is -0.348 e. The van der Waals surface area contributed by atoms with Crippen LogP contribution < -0.4 is 0 Å². The van der Waals surface area contributed by atoms with Gasteiger partial charge in [-0.15, -0.1) is 0 Å². The average molecular weight is 469 g/mol. The summed E-state index contributed by atoms with van der Waals surface area (Å²) in [6.07, 6.45) is -3.21. The molecule has 0 N–H and O–H groups in total. The van der Waals surface area contributed by atoms with E-state index in [-0.39, 0.29) is 36.0 Å². The largest absolute Gasteiger partial charge is 0.416 e. The molecule has 0 bridgehead atoms. The summed E-state index contributed by atoms with van der Waals surface area (Å²) in [5.41, 5.74) is -0.106. The molecule has 1 aromatic heterocycles. The quantitative estimate of drug-likeness (QED) is 0.350. The van der Waals surface area contributed by atoms with E-state index < -0.39 is 22.6 Å². The second kappa shape index (κ2) is 9.15. The van der Waals surface area contributed by atoms with Crippen LogP contribution in [0.2, 0.25) is 5.15 Å². The molecule has 1 unspecified atom stereocenters. The third-order valence-electron chi connectivity index (χ3n) is 5.31. The number of alkyl halides is 3. The van der Waals surface area contributed by atoms with Crippen LogP contribution in [-0.4, -0.2) is 39.2 Å².